The van der Waals surface area contributed by atoms with Crippen molar-refractivity contribution in [2.24, 2.45) is 0 Å². The lowest BCUT2D eigenvalue weighted by Gasteiger charge is -1.92. The molecule has 0 spiro atoms. The molecule has 0 aliphatic heterocycles. The van der Waals surface area contributed by atoms with E-state index in [1.54, 1.807) is 0 Å². The van der Waals surface area contributed by atoms with Crippen LogP contribution in [0.1, 0.15) is 0 Å². The number of rotatable bonds is 1. The van der Waals surface area contributed by atoms with E-state index in [1.807, 2.05) is 0 Å². The summed E-state index contributed by atoms with van der Waals surface area (Å²) in [7, 11) is 0. The molecular weight excluding hydrogens is 402 g/mol. The van der Waals surface area contributed by atoms with Crippen molar-refractivity contribution >= 4 is 74.5 Å². The van der Waals surface area contributed by atoms with Crippen molar-refractivity contribution in [2.75, 3.05) is 0 Å². The third-order valence-electron chi connectivity index (χ3n) is 0.117. The molecule has 0 N–H and O–H groups in total. The van der Waals surface area contributed by atoms with Crippen molar-refractivity contribution in [2.45, 2.75) is 0 Å². The molecule has 0 aromatic rings. The summed E-state index contributed by atoms with van der Waals surface area (Å²) in [6, 6.07) is 0. The van der Waals surface area contributed by atoms with E-state index in [-0.39, 0.29) is 2.32 Å². The minimum atomic E-state index is 0.0656. The molecular formula is HB2I3-. The first-order chi connectivity index (χ1) is 2.27. The lowest BCUT2D eigenvalue weighted by Crippen LogP contribution is -1.93. The summed E-state index contributed by atoms with van der Waals surface area (Å²) in [5.41, 5.74) is 0. The number of hydrogen-bond donors (Lipinski definition) is 0. The van der Waals surface area contributed by atoms with E-state index in [2.05, 4.69) is 72.1 Å². The van der Waals surface area contributed by atoms with Crippen LogP contribution in [0, 0.1) is 0 Å². The fourth-order valence-electron chi connectivity index (χ4n) is 0. The van der Waals surface area contributed by atoms with Gasteiger partial charge in [0.1, 0.15) is 0 Å². The maximum absolute atomic E-state index is 2.41. The van der Waals surface area contributed by atoms with Gasteiger partial charge in [0.25, 0.3) is 0 Å². The first-order valence-corrected chi connectivity index (χ1v) is 5.46. The highest BCUT2D eigenvalue weighted by atomic mass is 127. The highest BCUT2D eigenvalue weighted by Crippen LogP contribution is 2.03. The molecule has 0 aromatic heterocycles. The lowest BCUT2D eigenvalue weighted by molar-refractivity contribution is 4.59. The van der Waals surface area contributed by atoms with Gasteiger partial charge in [-0.1, -0.05) is 0 Å². The van der Waals surface area contributed by atoms with Gasteiger partial charge in [0.05, 0.1) is 2.32 Å². The molecule has 0 rings (SSSR count). The third-order valence-corrected chi connectivity index (χ3v) is 5.25. The van der Waals surface area contributed by atoms with Crippen molar-refractivity contribution in [3.8, 4) is 0 Å². The summed E-state index contributed by atoms with van der Waals surface area (Å²) >= 11 is 7.10. The summed E-state index contributed by atoms with van der Waals surface area (Å²) < 4.78 is 0.0656. The van der Waals surface area contributed by atoms with Crippen LogP contribution in [0.25, 0.3) is 0 Å². The molecule has 0 aliphatic rings. The second-order valence-electron chi connectivity index (χ2n) is 0.564. The van der Waals surface area contributed by atoms with E-state index < -0.39 is 0 Å². The maximum atomic E-state index is 2.41. The Bertz CT molecular complexity index is 18.9. The molecule has 1 radical (unpaired) electrons. The van der Waals surface area contributed by atoms with Gasteiger partial charge in [-0.2, -0.15) is 0 Å². The summed E-state index contributed by atoms with van der Waals surface area (Å²) in [4.78, 5) is 0. The van der Waals surface area contributed by atoms with Crippen LogP contribution in [0.15, 0.2) is 0 Å². The molecule has 0 nitrogen and oxygen atoms in total. The van der Waals surface area contributed by atoms with E-state index in [9.17, 15) is 0 Å². The summed E-state index contributed by atoms with van der Waals surface area (Å²) in [5.74, 6) is 0. The minimum absolute atomic E-state index is 0.0656. The number of hydrogen-bond acceptors (Lipinski definition) is 0. The van der Waals surface area contributed by atoms with Crippen LogP contribution in [-0.2, 0) is 0 Å². The molecule has 0 unspecified atom stereocenters. The summed E-state index contributed by atoms with van der Waals surface area (Å²) in [5, 5.41) is 2.19. The van der Waals surface area contributed by atoms with Crippen LogP contribution >= 0.6 is 67.1 Å². The summed E-state index contributed by atoms with van der Waals surface area (Å²) in [6.45, 7) is 0. The van der Waals surface area contributed by atoms with E-state index in [4.69, 9.17) is 0 Å². The van der Waals surface area contributed by atoms with Crippen LogP contribution in [0.4, 0.5) is 0 Å². The Kier molecular flexibility index (Phi) is 6.56. The van der Waals surface area contributed by atoms with Crippen molar-refractivity contribution in [1.82, 2.24) is 0 Å². The van der Waals surface area contributed by atoms with Gasteiger partial charge < -0.3 is 44.7 Å². The number of halogens is 3. The highest BCUT2D eigenvalue weighted by molar-refractivity contribution is 14.3. The Morgan fingerprint density at radius 3 is 1.60 bits per heavy atom. The average Bonchev–Trinajstić information content (AvgIpc) is 1.38. The zero-order valence-electron chi connectivity index (χ0n) is 2.42. The topological polar surface area (TPSA) is 0 Å². The molecule has 0 aliphatic carbocycles. The van der Waals surface area contributed by atoms with E-state index in [0.717, 1.165) is 0 Å². The largest absolute Gasteiger partial charge is 0.350 e. The third kappa shape index (κ3) is 6.32. The molecule has 5 heavy (non-hydrogen) atoms. The normalized spacial score (nSPS) is 8.80. The Morgan fingerprint density at radius 1 is 1.40 bits per heavy atom. The SMILES string of the molecule is I[B][BH-](I)I. The van der Waals surface area contributed by atoms with E-state index in [1.165, 1.54) is 0 Å². The van der Waals surface area contributed by atoms with Gasteiger partial charge in [-0.05, 0) is 0 Å². The Balaban J connectivity index is 2.54. The predicted octanol–water partition coefficient (Wildman–Crippen LogP) is 1.63. The average molecular weight is 403 g/mol. The summed E-state index contributed by atoms with van der Waals surface area (Å²) in [6.07, 6.45) is 0. The van der Waals surface area contributed by atoms with Crippen LogP contribution < -0.4 is 0 Å². The molecule has 0 saturated carbocycles. The molecule has 29 valence electrons. The molecule has 0 saturated heterocycles. The van der Waals surface area contributed by atoms with Crippen LogP contribution in [-0.4, -0.2) is 7.34 Å². The quantitative estimate of drug-likeness (QED) is 0.461. The van der Waals surface area contributed by atoms with Gasteiger partial charge in [-0.15, -0.1) is 0 Å². The minimum Gasteiger partial charge on any atom is -0.350 e. The lowest BCUT2D eigenvalue weighted by atomic mass is 9.80. The fourth-order valence-corrected chi connectivity index (χ4v) is 0. The predicted molar refractivity (Wildman–Crippen MR) is 55.0 cm³/mol. The maximum Gasteiger partial charge on any atom is 0.0912 e. The monoisotopic (exact) mass is 404 g/mol. The molecule has 0 amide bonds. The second kappa shape index (κ2) is 4.48. The molecule has 0 aromatic carbocycles. The zero-order chi connectivity index (χ0) is 4.28. The van der Waals surface area contributed by atoms with Crippen LogP contribution in [0.5, 0.6) is 0 Å². The Morgan fingerprint density at radius 2 is 1.60 bits per heavy atom. The van der Waals surface area contributed by atoms with Gasteiger partial charge in [0, 0.05) is 5.03 Å². The fraction of sp³-hybridized carbons (Fsp3) is 0. The van der Waals surface area contributed by atoms with Gasteiger partial charge >= 0.3 is 0 Å². The van der Waals surface area contributed by atoms with Crippen LogP contribution in [0.2, 0.25) is 0 Å². The smallest absolute Gasteiger partial charge is 0.0912 e. The van der Waals surface area contributed by atoms with E-state index in [0.29, 0.717) is 0 Å². The molecule has 5 heteroatoms. The standard InChI is InChI=1S/B2HI3/c3-1-2(4)5/h2H/q-1. The van der Waals surface area contributed by atoms with E-state index >= 15 is 0 Å². The zero-order valence-corrected chi connectivity index (χ0v) is 8.89. The van der Waals surface area contributed by atoms with Gasteiger partial charge in [0.15, 0.2) is 0 Å². The second-order valence-corrected chi connectivity index (χ2v) is 7.65. The highest BCUT2D eigenvalue weighted by Gasteiger charge is 1.80. The van der Waals surface area contributed by atoms with Crippen molar-refractivity contribution < 1.29 is 0 Å². The van der Waals surface area contributed by atoms with Crippen molar-refractivity contribution in [3.05, 3.63) is 0 Å². The molecule has 0 heterocycles. The van der Waals surface area contributed by atoms with Crippen LogP contribution in [0.3, 0.4) is 0 Å². The molecule has 0 bridgehead atoms. The first-order valence-electron chi connectivity index (χ1n) is 1.16. The van der Waals surface area contributed by atoms with Gasteiger partial charge in [-0.25, -0.2) is 22.4 Å². The molecule has 0 fully saturated rings. The van der Waals surface area contributed by atoms with Gasteiger partial charge in [0.2, 0.25) is 0 Å². The van der Waals surface area contributed by atoms with Crippen molar-refractivity contribution in [1.29, 1.82) is 0 Å². The molecule has 0 atom stereocenters. The Hall–Kier alpha value is 2.32. The first kappa shape index (κ1) is 7.32. The Labute approximate surface area is 73.2 Å². The van der Waals surface area contributed by atoms with Gasteiger partial charge in [-0.3, -0.25) is 0 Å². The van der Waals surface area contributed by atoms with Crippen molar-refractivity contribution in [3.63, 3.8) is 0 Å².